The number of ether oxygens (including phenoxy) is 1. The summed E-state index contributed by atoms with van der Waals surface area (Å²) in [7, 11) is 0.154. The number of aliphatic carboxylic acids is 1. The van der Waals surface area contributed by atoms with E-state index in [-0.39, 0.29) is 24.3 Å². The second-order valence-corrected chi connectivity index (χ2v) is 25.6. The summed E-state index contributed by atoms with van der Waals surface area (Å²) >= 11 is 0. The predicted octanol–water partition coefficient (Wildman–Crippen LogP) is 12.8. The van der Waals surface area contributed by atoms with Crippen molar-refractivity contribution >= 4 is 70.1 Å². The summed E-state index contributed by atoms with van der Waals surface area (Å²) in [5, 5.41) is 52.9. The minimum Gasteiger partial charge on any atom is -0.520 e. The van der Waals surface area contributed by atoms with Gasteiger partial charge in [-0.1, -0.05) is 92.7 Å². The number of aromatic amines is 4. The third-order valence-corrected chi connectivity index (χ3v) is 13.9. The standard InChI is InChI=1S/C20H23N3O.C18H18N2O2.C8H8N2O.C8H6N2O.C8H18O2Si/c1-4-21-19(24)20(2,3)18(14-8-6-5-7-9-14)15-10-11-17-16(12-15)13-22-23-17;1-18(2,17(21)22)16(12-6-4-3-5-7-12)13-8-9-15-14(10-13)11-19-20-15;2*11-5-6-1-2-8-7(3-6)4-9-10-8;1-7(2)8(9-3)10-11(4,5)6/h5-13,18H,4H2,1-3H3,(H,21,24)(H,22,23);3-11,16H,1-2H3,(H,19,20)(H,21,22);1-4,11H,5H2,(H,9,10);1-5H,(H,9,10);1-6H3. The first-order chi connectivity index (χ1) is 37.7. The fourth-order valence-corrected chi connectivity index (χ4v) is 9.86. The number of aromatic nitrogens is 8. The Balaban J connectivity index is 0.000000167. The molecule has 4 aromatic heterocycles. The van der Waals surface area contributed by atoms with Crippen LogP contribution in [0.2, 0.25) is 19.6 Å². The number of hydrogen-bond donors (Lipinski definition) is 7. The summed E-state index contributed by atoms with van der Waals surface area (Å²) in [4.78, 5) is 34.9. The van der Waals surface area contributed by atoms with Gasteiger partial charge in [0.05, 0.1) is 71.4 Å². The molecular weight excluding hydrogens is 1010 g/mol. The molecule has 16 nitrogen and oxygen atoms in total. The fourth-order valence-electron chi connectivity index (χ4n) is 9.02. The Labute approximate surface area is 462 Å². The molecule has 10 rings (SSSR count). The highest BCUT2D eigenvalue weighted by Crippen LogP contribution is 2.43. The van der Waals surface area contributed by atoms with Crippen LogP contribution in [0, 0.1) is 10.8 Å². The van der Waals surface area contributed by atoms with Crippen molar-refractivity contribution in [3.63, 3.8) is 0 Å². The van der Waals surface area contributed by atoms with E-state index in [9.17, 15) is 19.5 Å². The number of hydrogen-bond acceptors (Lipinski definition) is 10. The van der Waals surface area contributed by atoms with Crippen molar-refractivity contribution < 1.29 is 33.8 Å². The van der Waals surface area contributed by atoms with Crippen LogP contribution in [0.5, 0.6) is 0 Å². The number of aliphatic hydroxyl groups excluding tert-OH is 1. The van der Waals surface area contributed by atoms with E-state index in [4.69, 9.17) is 14.3 Å². The zero-order chi connectivity index (χ0) is 57.3. The predicted molar refractivity (Wildman–Crippen MR) is 316 cm³/mol. The highest BCUT2D eigenvalue weighted by Gasteiger charge is 2.40. The lowest BCUT2D eigenvalue weighted by atomic mass is 9.70. The Morgan fingerprint density at radius 1 is 0.608 bits per heavy atom. The van der Waals surface area contributed by atoms with Gasteiger partial charge in [-0.2, -0.15) is 20.4 Å². The van der Waals surface area contributed by atoms with E-state index in [0.29, 0.717) is 18.1 Å². The molecule has 0 spiro atoms. The topological polar surface area (TPSA) is 237 Å². The molecule has 0 saturated carbocycles. The second-order valence-electron chi connectivity index (χ2n) is 21.2. The number of rotatable bonds is 14. The van der Waals surface area contributed by atoms with Crippen LogP contribution in [0.1, 0.15) is 98.5 Å². The van der Waals surface area contributed by atoms with E-state index < -0.39 is 25.1 Å². The molecule has 17 heteroatoms. The van der Waals surface area contributed by atoms with Crippen LogP contribution < -0.4 is 5.32 Å². The number of carbonyl (C=O) groups is 3. The SMILES string of the molecule is CC(C)(C(=O)O)C(c1ccccc1)c1ccc2[nH]ncc2c1.CCNC(=O)C(C)(C)C(c1ccccc1)c1ccc2[nH]ncc2c1.COC(O[Si](C)(C)C)=C(C)C.O=Cc1ccc2[nH]ncc2c1.OCc1ccc2[nH]ncc2c1. The van der Waals surface area contributed by atoms with E-state index >= 15 is 0 Å². The van der Waals surface area contributed by atoms with E-state index in [0.717, 1.165) is 83.3 Å². The van der Waals surface area contributed by atoms with Crippen LogP contribution in [0.4, 0.5) is 0 Å². The van der Waals surface area contributed by atoms with E-state index in [1.807, 2.05) is 138 Å². The van der Waals surface area contributed by atoms with Crippen LogP contribution in [0.25, 0.3) is 43.6 Å². The summed E-state index contributed by atoms with van der Waals surface area (Å²) in [6, 6.07) is 43.3. The molecule has 10 aromatic rings. The van der Waals surface area contributed by atoms with E-state index in [1.165, 1.54) is 0 Å². The number of allylic oxidation sites excluding steroid dienone is 1. The van der Waals surface area contributed by atoms with Crippen LogP contribution >= 0.6 is 0 Å². The Hall–Kier alpha value is -8.67. The molecule has 7 N–H and O–H groups in total. The molecule has 2 atom stereocenters. The van der Waals surface area contributed by atoms with Gasteiger partial charge in [0.15, 0.2) is 0 Å². The van der Waals surface area contributed by atoms with Crippen molar-refractivity contribution in [1.29, 1.82) is 0 Å². The van der Waals surface area contributed by atoms with Crippen molar-refractivity contribution in [2.24, 2.45) is 10.8 Å². The molecule has 0 aliphatic rings. The molecule has 0 radical (unpaired) electrons. The van der Waals surface area contributed by atoms with Crippen LogP contribution in [0.3, 0.4) is 0 Å². The quantitative estimate of drug-likeness (QED) is 0.0307. The lowest BCUT2D eigenvalue weighted by Gasteiger charge is -2.34. The number of aliphatic hydroxyl groups is 1. The first kappa shape index (κ1) is 59.6. The molecule has 0 saturated heterocycles. The van der Waals surface area contributed by atoms with Gasteiger partial charge in [-0.05, 0) is 137 Å². The van der Waals surface area contributed by atoms with Gasteiger partial charge < -0.3 is 24.7 Å². The monoisotopic (exact) mass is 1080 g/mol. The lowest BCUT2D eigenvalue weighted by Crippen LogP contribution is -2.41. The van der Waals surface area contributed by atoms with Gasteiger partial charge in [0.1, 0.15) is 6.29 Å². The molecule has 0 aliphatic heterocycles. The van der Waals surface area contributed by atoms with Crippen LogP contribution in [0.15, 0.2) is 170 Å². The molecule has 2 unspecified atom stereocenters. The first-order valence-electron chi connectivity index (χ1n) is 26.0. The number of nitrogens with one attached hydrogen (secondary N) is 5. The third kappa shape index (κ3) is 15.7. The number of amides is 1. The Morgan fingerprint density at radius 3 is 1.41 bits per heavy atom. The number of carbonyl (C=O) groups excluding carboxylic acids is 2. The van der Waals surface area contributed by atoms with Crippen LogP contribution in [-0.4, -0.2) is 91.1 Å². The molecule has 6 aromatic carbocycles. The van der Waals surface area contributed by atoms with E-state index in [2.05, 4.69) is 90.0 Å². The molecule has 412 valence electrons. The van der Waals surface area contributed by atoms with E-state index in [1.54, 1.807) is 51.7 Å². The third-order valence-electron chi connectivity index (χ3n) is 13.1. The number of H-pyrrole nitrogens is 4. The maximum atomic E-state index is 12.7. The highest BCUT2D eigenvalue weighted by atomic mass is 28.4. The minimum atomic E-state index is -1.49. The molecule has 4 heterocycles. The van der Waals surface area contributed by atoms with Gasteiger partial charge >= 0.3 is 5.97 Å². The molecule has 1 amide bonds. The lowest BCUT2D eigenvalue weighted by molar-refractivity contribution is -0.147. The van der Waals surface area contributed by atoms with Gasteiger partial charge in [0.2, 0.25) is 14.2 Å². The number of nitrogens with zero attached hydrogens (tertiary/aromatic N) is 4. The maximum Gasteiger partial charge on any atom is 0.310 e. The van der Waals surface area contributed by atoms with Gasteiger partial charge in [-0.3, -0.25) is 34.8 Å². The number of methoxy groups -OCH3 is 1. The Morgan fingerprint density at radius 2 is 1.03 bits per heavy atom. The van der Waals surface area contributed by atoms with Crippen molar-refractivity contribution in [2.75, 3.05) is 13.7 Å². The molecule has 0 bridgehead atoms. The van der Waals surface area contributed by atoms with Crippen molar-refractivity contribution in [3.8, 4) is 0 Å². The number of benzene rings is 6. The molecule has 0 aliphatic carbocycles. The molecular formula is C62H73N9O7Si. The first-order valence-corrected chi connectivity index (χ1v) is 29.4. The highest BCUT2D eigenvalue weighted by molar-refractivity contribution is 6.70. The summed E-state index contributed by atoms with van der Waals surface area (Å²) < 4.78 is 10.7. The largest absolute Gasteiger partial charge is 0.520 e. The van der Waals surface area contributed by atoms with Crippen molar-refractivity contribution in [2.45, 2.75) is 86.5 Å². The zero-order valence-corrected chi connectivity index (χ0v) is 47.9. The second kappa shape index (κ2) is 27.1. The number of carboxylic acid groups (broad SMARTS) is 1. The van der Waals surface area contributed by atoms with Gasteiger partial charge in [-0.25, -0.2) is 0 Å². The van der Waals surface area contributed by atoms with Gasteiger partial charge in [0.25, 0.3) is 5.95 Å². The molecule has 79 heavy (non-hydrogen) atoms. The maximum absolute atomic E-state index is 12.7. The average Bonchev–Trinajstić information content (AvgIpc) is 4.32. The summed E-state index contributed by atoms with van der Waals surface area (Å²) in [5.41, 5.74) is 9.33. The average molecular weight is 1080 g/mol. The number of fused-ring (bicyclic) bond motifs is 4. The minimum absolute atomic E-state index is 0.0375. The Kier molecular flexibility index (Phi) is 20.4. The summed E-state index contributed by atoms with van der Waals surface area (Å²) in [5.74, 6) is -0.334. The fraction of sp³-hybridized carbons (Fsp3) is 0.274. The summed E-state index contributed by atoms with van der Waals surface area (Å²) in [6.45, 7) is 20.6. The normalized spacial score (nSPS) is 12.0. The smallest absolute Gasteiger partial charge is 0.310 e. The van der Waals surface area contributed by atoms with Crippen molar-refractivity contribution in [3.05, 3.63) is 203 Å². The zero-order valence-electron chi connectivity index (χ0n) is 46.9. The number of aldehydes is 1. The van der Waals surface area contributed by atoms with Gasteiger partial charge in [0, 0.05) is 51.1 Å². The van der Waals surface area contributed by atoms with Gasteiger partial charge in [-0.15, -0.1) is 0 Å². The molecule has 0 fully saturated rings. The number of carboxylic acids is 1. The van der Waals surface area contributed by atoms with Crippen LogP contribution in [-0.2, 0) is 25.4 Å². The Bertz CT molecular complexity index is 3590. The van der Waals surface area contributed by atoms with Crippen molar-refractivity contribution in [1.82, 2.24) is 46.1 Å². The summed E-state index contributed by atoms with van der Waals surface area (Å²) in [6.07, 6.45) is 7.85.